The molecule has 0 aliphatic carbocycles. The SMILES string of the molecule is CN1CC(Cl)C/N=C(/c2ccccc2)c2cc3c(cc21)OCCO3. The van der Waals surface area contributed by atoms with Crippen LogP contribution in [-0.2, 0) is 0 Å². The number of ether oxygens (including phenoxy) is 2. The molecule has 2 aromatic rings. The van der Waals surface area contributed by atoms with Crippen molar-refractivity contribution in [3.63, 3.8) is 0 Å². The maximum Gasteiger partial charge on any atom is 0.163 e. The predicted octanol–water partition coefficient (Wildman–Crippen LogP) is 3.35. The lowest BCUT2D eigenvalue weighted by atomic mass is 9.98. The van der Waals surface area contributed by atoms with E-state index in [1.807, 2.05) is 30.3 Å². The van der Waals surface area contributed by atoms with Crippen molar-refractivity contribution in [1.29, 1.82) is 0 Å². The third-order valence-corrected chi connectivity index (χ3v) is 4.57. The molecule has 2 aliphatic rings. The Kier molecular flexibility index (Phi) is 4.07. The van der Waals surface area contributed by atoms with E-state index in [-0.39, 0.29) is 5.38 Å². The summed E-state index contributed by atoms with van der Waals surface area (Å²) in [6.07, 6.45) is 0. The van der Waals surface area contributed by atoms with Crippen molar-refractivity contribution < 1.29 is 9.47 Å². The third kappa shape index (κ3) is 2.82. The van der Waals surface area contributed by atoms with E-state index in [1.165, 1.54) is 0 Å². The van der Waals surface area contributed by atoms with Gasteiger partial charge in [-0.25, -0.2) is 0 Å². The van der Waals surface area contributed by atoms with Gasteiger partial charge in [-0.2, -0.15) is 0 Å². The lowest BCUT2D eigenvalue weighted by molar-refractivity contribution is 0.171. The fourth-order valence-electron chi connectivity index (χ4n) is 3.16. The van der Waals surface area contributed by atoms with Gasteiger partial charge in [0.1, 0.15) is 13.2 Å². The Morgan fingerprint density at radius 3 is 2.54 bits per heavy atom. The summed E-state index contributed by atoms with van der Waals surface area (Å²) in [6, 6.07) is 14.3. The van der Waals surface area contributed by atoms with Gasteiger partial charge in [-0.05, 0) is 6.07 Å². The highest BCUT2D eigenvalue weighted by Gasteiger charge is 2.24. The molecule has 4 rings (SSSR count). The zero-order valence-electron chi connectivity index (χ0n) is 13.5. The highest BCUT2D eigenvalue weighted by molar-refractivity contribution is 6.22. The minimum absolute atomic E-state index is 0.0323. The van der Waals surface area contributed by atoms with Gasteiger partial charge in [0.25, 0.3) is 0 Å². The maximum absolute atomic E-state index is 6.45. The summed E-state index contributed by atoms with van der Waals surface area (Å²) in [6.45, 7) is 2.47. The summed E-state index contributed by atoms with van der Waals surface area (Å²) in [5, 5.41) is -0.0323. The van der Waals surface area contributed by atoms with Gasteiger partial charge < -0.3 is 14.4 Å². The number of benzene rings is 2. The smallest absolute Gasteiger partial charge is 0.163 e. The Balaban J connectivity index is 1.91. The predicted molar refractivity (Wildman–Crippen MR) is 97.3 cm³/mol. The van der Waals surface area contributed by atoms with Crippen LogP contribution in [0.15, 0.2) is 47.5 Å². The van der Waals surface area contributed by atoms with Crippen LogP contribution >= 0.6 is 11.6 Å². The number of hydrogen-bond donors (Lipinski definition) is 0. The van der Waals surface area contributed by atoms with Gasteiger partial charge in [0.15, 0.2) is 11.5 Å². The van der Waals surface area contributed by atoms with Gasteiger partial charge in [-0.1, -0.05) is 30.3 Å². The van der Waals surface area contributed by atoms with Gasteiger partial charge in [-0.3, -0.25) is 4.99 Å². The van der Waals surface area contributed by atoms with Gasteiger partial charge >= 0.3 is 0 Å². The van der Waals surface area contributed by atoms with E-state index < -0.39 is 0 Å². The molecule has 0 saturated carbocycles. The first kappa shape index (κ1) is 15.3. The molecular weight excluding hydrogens is 324 g/mol. The first-order valence-corrected chi connectivity index (χ1v) is 8.55. The van der Waals surface area contributed by atoms with E-state index in [4.69, 9.17) is 26.1 Å². The topological polar surface area (TPSA) is 34.1 Å². The number of nitrogens with zero attached hydrogens (tertiary/aromatic N) is 2. The Bertz CT molecular complexity index is 776. The average Bonchev–Trinajstić information content (AvgIpc) is 2.61. The molecule has 2 aromatic carbocycles. The molecule has 5 heteroatoms. The maximum atomic E-state index is 6.45. The number of hydrogen-bond acceptors (Lipinski definition) is 4. The van der Waals surface area contributed by atoms with Crippen LogP contribution in [0.25, 0.3) is 0 Å². The monoisotopic (exact) mass is 342 g/mol. The van der Waals surface area contributed by atoms with Gasteiger partial charge in [0, 0.05) is 36.5 Å². The molecule has 0 bridgehead atoms. The first-order chi connectivity index (χ1) is 11.7. The third-order valence-electron chi connectivity index (χ3n) is 4.29. The van der Waals surface area contributed by atoms with Crippen LogP contribution in [0.4, 0.5) is 5.69 Å². The summed E-state index contributed by atoms with van der Waals surface area (Å²) >= 11 is 6.45. The molecule has 0 N–H and O–H groups in total. The van der Waals surface area contributed by atoms with Crippen LogP contribution in [0.5, 0.6) is 11.5 Å². The van der Waals surface area contributed by atoms with Crippen LogP contribution in [0.2, 0.25) is 0 Å². The number of anilines is 1. The van der Waals surface area contributed by atoms with Gasteiger partial charge in [0.2, 0.25) is 0 Å². The van der Waals surface area contributed by atoms with Crippen molar-refractivity contribution in [2.45, 2.75) is 5.38 Å². The van der Waals surface area contributed by atoms with Crippen LogP contribution < -0.4 is 14.4 Å². The average molecular weight is 343 g/mol. The van der Waals surface area contributed by atoms with E-state index >= 15 is 0 Å². The second kappa shape index (κ2) is 6.36. The lowest BCUT2D eigenvalue weighted by Gasteiger charge is -2.29. The second-order valence-corrected chi connectivity index (χ2v) is 6.66. The summed E-state index contributed by atoms with van der Waals surface area (Å²) in [5.41, 5.74) is 4.14. The fourth-order valence-corrected chi connectivity index (χ4v) is 3.43. The van der Waals surface area contributed by atoms with Crippen LogP contribution in [0, 0.1) is 0 Å². The van der Waals surface area contributed by atoms with Gasteiger partial charge in [-0.15, -0.1) is 11.6 Å². The van der Waals surface area contributed by atoms with Crippen molar-refractivity contribution in [3.8, 4) is 11.5 Å². The lowest BCUT2D eigenvalue weighted by Crippen LogP contribution is -2.31. The summed E-state index contributed by atoms with van der Waals surface area (Å²) < 4.78 is 11.5. The number of halogens is 1. The van der Waals surface area contributed by atoms with E-state index in [9.17, 15) is 0 Å². The molecule has 4 nitrogen and oxygen atoms in total. The minimum atomic E-state index is -0.0323. The van der Waals surface area contributed by atoms with E-state index in [0.717, 1.165) is 40.6 Å². The second-order valence-electron chi connectivity index (χ2n) is 6.05. The molecule has 124 valence electrons. The normalized spacial score (nSPS) is 22.0. The number of rotatable bonds is 1. The number of aliphatic imine (C=N–C) groups is 1. The molecule has 24 heavy (non-hydrogen) atoms. The molecule has 2 aliphatic heterocycles. The number of alkyl halides is 1. The molecule has 0 radical (unpaired) electrons. The Hall–Kier alpha value is -2.20. The van der Waals surface area contributed by atoms with E-state index in [2.05, 4.69) is 24.1 Å². The Labute approximate surface area is 146 Å². The quantitative estimate of drug-likeness (QED) is 0.745. The van der Waals surface area contributed by atoms with Crippen molar-refractivity contribution in [2.75, 3.05) is 38.3 Å². The zero-order chi connectivity index (χ0) is 16.5. The molecule has 0 saturated heterocycles. The Morgan fingerprint density at radius 2 is 1.79 bits per heavy atom. The van der Waals surface area contributed by atoms with Crippen molar-refractivity contribution in [1.82, 2.24) is 0 Å². The van der Waals surface area contributed by atoms with Gasteiger partial charge in [0.05, 0.1) is 17.6 Å². The number of fused-ring (bicyclic) bond motifs is 2. The molecule has 0 spiro atoms. The highest BCUT2D eigenvalue weighted by atomic mass is 35.5. The molecule has 0 fully saturated rings. The summed E-state index contributed by atoms with van der Waals surface area (Å²) in [7, 11) is 2.05. The van der Waals surface area contributed by atoms with Crippen LogP contribution in [0.1, 0.15) is 11.1 Å². The Morgan fingerprint density at radius 1 is 1.08 bits per heavy atom. The van der Waals surface area contributed by atoms with Crippen LogP contribution in [-0.4, -0.2) is 44.4 Å². The summed E-state index contributed by atoms with van der Waals surface area (Å²) in [4.78, 5) is 6.99. The molecular formula is C19H19ClN2O2. The van der Waals surface area contributed by atoms with Crippen molar-refractivity contribution >= 4 is 23.0 Å². The molecule has 0 aromatic heterocycles. The van der Waals surface area contributed by atoms with E-state index in [1.54, 1.807) is 0 Å². The van der Waals surface area contributed by atoms with E-state index in [0.29, 0.717) is 19.8 Å². The zero-order valence-corrected chi connectivity index (χ0v) is 14.3. The van der Waals surface area contributed by atoms with Crippen molar-refractivity contribution in [2.24, 2.45) is 4.99 Å². The fraction of sp³-hybridized carbons (Fsp3) is 0.316. The standard InChI is InChI=1S/C19H19ClN2O2/c1-22-12-14(20)11-21-19(13-5-3-2-4-6-13)15-9-17-18(10-16(15)22)24-8-7-23-17/h2-6,9-10,14H,7-8,11-12H2,1H3/b21-19-. The molecule has 1 unspecified atom stereocenters. The minimum Gasteiger partial charge on any atom is -0.486 e. The largest absolute Gasteiger partial charge is 0.486 e. The van der Waals surface area contributed by atoms with Crippen LogP contribution in [0.3, 0.4) is 0 Å². The molecule has 2 heterocycles. The highest BCUT2D eigenvalue weighted by Crippen LogP contribution is 2.38. The molecule has 0 amide bonds. The first-order valence-electron chi connectivity index (χ1n) is 8.11. The summed E-state index contributed by atoms with van der Waals surface area (Å²) in [5.74, 6) is 1.56. The molecule has 1 atom stereocenters. The van der Waals surface area contributed by atoms with Crippen molar-refractivity contribution in [3.05, 3.63) is 53.6 Å².